The third kappa shape index (κ3) is 3.34. The van der Waals surface area contributed by atoms with E-state index in [0.717, 1.165) is 22.9 Å². The fourth-order valence-corrected chi connectivity index (χ4v) is 2.44. The monoisotopic (exact) mass is 262 g/mol. The van der Waals surface area contributed by atoms with Crippen LogP contribution in [0.25, 0.3) is 10.7 Å². The van der Waals surface area contributed by atoms with E-state index < -0.39 is 0 Å². The fraction of sp³-hybridized carbons (Fsp3) is 0.462. The summed E-state index contributed by atoms with van der Waals surface area (Å²) in [6, 6.07) is 1.89. The molecule has 0 saturated heterocycles. The van der Waals surface area contributed by atoms with Gasteiger partial charge in [0.05, 0.1) is 5.69 Å². The number of nitrogens with one attached hydrogen (secondary N) is 1. The standard InChI is InChI=1S/C13H18N4S/c1-9-11(7-16-13(2,3)4)18-12(17-9)10-5-6-14-8-15-10/h5-6,8,16H,7H2,1-4H3. The molecule has 18 heavy (non-hydrogen) atoms. The summed E-state index contributed by atoms with van der Waals surface area (Å²) in [4.78, 5) is 14.0. The number of nitrogens with zero attached hydrogens (tertiary/aromatic N) is 3. The van der Waals surface area contributed by atoms with Gasteiger partial charge in [-0.3, -0.25) is 0 Å². The molecule has 0 aromatic carbocycles. The van der Waals surface area contributed by atoms with Crippen molar-refractivity contribution in [1.82, 2.24) is 20.3 Å². The van der Waals surface area contributed by atoms with Gasteiger partial charge < -0.3 is 5.32 Å². The van der Waals surface area contributed by atoms with Crippen molar-refractivity contribution in [3.63, 3.8) is 0 Å². The molecule has 2 aromatic heterocycles. The van der Waals surface area contributed by atoms with Gasteiger partial charge in [-0.25, -0.2) is 15.0 Å². The lowest BCUT2D eigenvalue weighted by atomic mass is 10.1. The quantitative estimate of drug-likeness (QED) is 0.924. The van der Waals surface area contributed by atoms with Crippen LogP contribution in [-0.2, 0) is 6.54 Å². The molecule has 0 aliphatic carbocycles. The van der Waals surface area contributed by atoms with Crippen LogP contribution >= 0.6 is 11.3 Å². The van der Waals surface area contributed by atoms with Crippen molar-refractivity contribution in [2.75, 3.05) is 0 Å². The van der Waals surface area contributed by atoms with Crippen molar-refractivity contribution in [2.45, 2.75) is 39.8 Å². The average molecular weight is 262 g/mol. The topological polar surface area (TPSA) is 50.7 Å². The van der Waals surface area contributed by atoms with Crippen LogP contribution in [0.3, 0.4) is 0 Å². The maximum absolute atomic E-state index is 4.57. The molecular formula is C13H18N4S. The zero-order valence-electron chi connectivity index (χ0n) is 11.2. The predicted octanol–water partition coefficient (Wildman–Crippen LogP) is 2.80. The van der Waals surface area contributed by atoms with Gasteiger partial charge in [0, 0.05) is 23.2 Å². The first-order chi connectivity index (χ1) is 8.46. The highest BCUT2D eigenvalue weighted by molar-refractivity contribution is 7.15. The molecule has 0 fully saturated rings. The van der Waals surface area contributed by atoms with Crippen molar-refractivity contribution < 1.29 is 0 Å². The molecule has 0 amide bonds. The maximum atomic E-state index is 4.57. The summed E-state index contributed by atoms with van der Waals surface area (Å²) in [7, 11) is 0. The highest BCUT2D eigenvalue weighted by atomic mass is 32.1. The molecule has 0 saturated carbocycles. The molecule has 96 valence electrons. The van der Waals surface area contributed by atoms with Gasteiger partial charge in [0.15, 0.2) is 0 Å². The Morgan fingerprint density at radius 2 is 2.11 bits per heavy atom. The number of rotatable bonds is 3. The van der Waals surface area contributed by atoms with Crippen molar-refractivity contribution in [1.29, 1.82) is 0 Å². The molecular weight excluding hydrogens is 244 g/mol. The molecule has 0 aliphatic rings. The van der Waals surface area contributed by atoms with Crippen molar-refractivity contribution in [2.24, 2.45) is 0 Å². The van der Waals surface area contributed by atoms with Gasteiger partial charge in [0.25, 0.3) is 0 Å². The lowest BCUT2D eigenvalue weighted by Crippen LogP contribution is -2.34. The SMILES string of the molecule is Cc1nc(-c2ccncn2)sc1CNC(C)(C)C. The Hall–Kier alpha value is -1.33. The molecule has 2 aromatic rings. The zero-order chi connectivity index (χ0) is 13.2. The fourth-order valence-electron chi connectivity index (χ4n) is 1.46. The number of aryl methyl sites for hydroxylation is 1. The van der Waals surface area contributed by atoms with Crippen LogP contribution in [0.4, 0.5) is 0 Å². The molecule has 0 atom stereocenters. The van der Waals surface area contributed by atoms with E-state index in [-0.39, 0.29) is 5.54 Å². The van der Waals surface area contributed by atoms with Crippen LogP contribution in [0.15, 0.2) is 18.6 Å². The average Bonchev–Trinajstić information content (AvgIpc) is 2.68. The molecule has 0 bridgehead atoms. The second-order valence-corrected chi connectivity index (χ2v) is 6.31. The van der Waals surface area contributed by atoms with E-state index >= 15 is 0 Å². The Balaban J connectivity index is 2.17. The van der Waals surface area contributed by atoms with E-state index in [1.54, 1.807) is 23.9 Å². The van der Waals surface area contributed by atoms with Crippen LogP contribution in [0.1, 0.15) is 31.3 Å². The van der Waals surface area contributed by atoms with Crippen LogP contribution in [0.2, 0.25) is 0 Å². The van der Waals surface area contributed by atoms with Crippen molar-refractivity contribution in [3.8, 4) is 10.7 Å². The van der Waals surface area contributed by atoms with Crippen LogP contribution in [0.5, 0.6) is 0 Å². The third-order valence-electron chi connectivity index (χ3n) is 2.47. The van der Waals surface area contributed by atoms with Gasteiger partial charge in [0.2, 0.25) is 0 Å². The summed E-state index contributed by atoms with van der Waals surface area (Å²) in [5.74, 6) is 0. The second kappa shape index (κ2) is 5.12. The highest BCUT2D eigenvalue weighted by Gasteiger charge is 2.13. The van der Waals surface area contributed by atoms with Crippen LogP contribution in [0, 0.1) is 6.92 Å². The van der Waals surface area contributed by atoms with E-state index in [9.17, 15) is 0 Å². The van der Waals surface area contributed by atoms with Crippen LogP contribution in [-0.4, -0.2) is 20.5 Å². The Labute approximate surface area is 112 Å². The minimum Gasteiger partial charge on any atom is -0.307 e. The molecule has 0 aliphatic heterocycles. The Morgan fingerprint density at radius 1 is 1.33 bits per heavy atom. The van der Waals surface area contributed by atoms with Crippen molar-refractivity contribution in [3.05, 3.63) is 29.2 Å². The molecule has 0 unspecified atom stereocenters. The van der Waals surface area contributed by atoms with Gasteiger partial charge in [-0.2, -0.15) is 0 Å². The zero-order valence-corrected chi connectivity index (χ0v) is 12.0. The van der Waals surface area contributed by atoms with Gasteiger partial charge in [-0.15, -0.1) is 11.3 Å². The highest BCUT2D eigenvalue weighted by Crippen LogP contribution is 2.26. The summed E-state index contributed by atoms with van der Waals surface area (Å²) >= 11 is 1.69. The lowest BCUT2D eigenvalue weighted by molar-refractivity contribution is 0.425. The number of aromatic nitrogens is 3. The summed E-state index contributed by atoms with van der Waals surface area (Å²) in [5, 5.41) is 4.44. The van der Waals surface area contributed by atoms with Gasteiger partial charge in [-0.1, -0.05) is 0 Å². The number of thiazole rings is 1. The molecule has 2 heterocycles. The van der Waals surface area contributed by atoms with Gasteiger partial charge >= 0.3 is 0 Å². The largest absolute Gasteiger partial charge is 0.307 e. The van der Waals surface area contributed by atoms with E-state index in [1.807, 2.05) is 13.0 Å². The van der Waals surface area contributed by atoms with E-state index in [2.05, 4.69) is 41.0 Å². The first kappa shape index (κ1) is 13.1. The molecule has 2 rings (SSSR count). The predicted molar refractivity (Wildman–Crippen MR) is 74.5 cm³/mol. The first-order valence-corrected chi connectivity index (χ1v) is 6.75. The lowest BCUT2D eigenvalue weighted by Gasteiger charge is -2.19. The van der Waals surface area contributed by atoms with Gasteiger partial charge in [-0.05, 0) is 33.8 Å². The number of hydrogen-bond acceptors (Lipinski definition) is 5. The molecule has 0 radical (unpaired) electrons. The Morgan fingerprint density at radius 3 is 2.72 bits per heavy atom. The smallest absolute Gasteiger partial charge is 0.142 e. The van der Waals surface area contributed by atoms with Gasteiger partial charge in [0.1, 0.15) is 17.0 Å². The first-order valence-electron chi connectivity index (χ1n) is 5.93. The molecule has 5 heteroatoms. The maximum Gasteiger partial charge on any atom is 0.142 e. The second-order valence-electron chi connectivity index (χ2n) is 5.23. The summed E-state index contributed by atoms with van der Waals surface area (Å²) in [5.41, 5.74) is 2.08. The van der Waals surface area contributed by atoms with E-state index in [4.69, 9.17) is 0 Å². The van der Waals surface area contributed by atoms with E-state index in [1.165, 1.54) is 4.88 Å². The molecule has 0 spiro atoms. The molecule has 1 N–H and O–H groups in total. The Kier molecular flexibility index (Phi) is 3.73. The van der Waals surface area contributed by atoms with Crippen LogP contribution < -0.4 is 5.32 Å². The third-order valence-corrected chi connectivity index (χ3v) is 3.65. The van der Waals surface area contributed by atoms with Crippen molar-refractivity contribution >= 4 is 11.3 Å². The van der Waals surface area contributed by atoms with E-state index in [0.29, 0.717) is 0 Å². The normalized spacial score (nSPS) is 11.8. The minimum atomic E-state index is 0.117. The summed E-state index contributed by atoms with van der Waals surface area (Å²) < 4.78 is 0. The number of hydrogen-bond donors (Lipinski definition) is 1. The minimum absolute atomic E-state index is 0.117. The Bertz CT molecular complexity index is 514. The summed E-state index contributed by atoms with van der Waals surface area (Å²) in [6.07, 6.45) is 3.30. The molecule has 4 nitrogen and oxygen atoms in total. The summed E-state index contributed by atoms with van der Waals surface area (Å²) in [6.45, 7) is 9.37.